The molecule has 0 heterocycles. The van der Waals surface area contributed by atoms with E-state index in [1.165, 1.54) is 25.3 Å². The van der Waals surface area contributed by atoms with Gasteiger partial charge in [-0.15, -0.1) is 0 Å². The summed E-state index contributed by atoms with van der Waals surface area (Å²) in [6, 6.07) is 0. The molecule has 15 heavy (non-hydrogen) atoms. The first kappa shape index (κ1) is 9.20. The van der Waals surface area contributed by atoms with E-state index in [2.05, 4.69) is 18.7 Å². The number of esters is 1. The van der Waals surface area contributed by atoms with Gasteiger partial charge in [-0.25, -0.2) is 4.79 Å². The minimum atomic E-state index is -0.284. The quantitative estimate of drug-likeness (QED) is 0.392. The van der Waals surface area contributed by atoms with Crippen molar-refractivity contribution in [3.8, 4) is 0 Å². The van der Waals surface area contributed by atoms with Gasteiger partial charge in [-0.2, -0.15) is 0 Å². The molecule has 2 saturated carbocycles. The molecular weight excluding hydrogens is 188 g/mol. The zero-order valence-electron chi connectivity index (χ0n) is 8.76. The fraction of sp³-hybridized carbons (Fsp3) is 0.615. The van der Waals surface area contributed by atoms with Crippen LogP contribution in [0.15, 0.2) is 24.8 Å². The molecule has 2 bridgehead atoms. The molecule has 0 aliphatic heterocycles. The van der Waals surface area contributed by atoms with Crippen molar-refractivity contribution in [1.29, 1.82) is 0 Å². The fourth-order valence-corrected chi connectivity index (χ4v) is 3.82. The summed E-state index contributed by atoms with van der Waals surface area (Å²) >= 11 is 0. The maximum Gasteiger partial charge on any atom is 0.330 e. The topological polar surface area (TPSA) is 26.3 Å². The smallest absolute Gasteiger partial charge is 0.330 e. The second-order valence-electron chi connectivity index (χ2n) is 4.98. The van der Waals surface area contributed by atoms with E-state index in [1.807, 2.05) is 0 Å². The number of ether oxygens (including phenoxy) is 1. The Morgan fingerprint density at radius 2 is 2.13 bits per heavy atom. The molecule has 0 radical (unpaired) electrons. The standard InChI is InChI=1S/C13H16O2/c1-2-12(14)15-11-6-5-10-8-3-4-9(7-8)13(10)11/h2,5-6,8-11,13H,1,3-4,7H2/t8-,9+,10-,11+,13-/m1/s1. The third-order valence-electron chi connectivity index (χ3n) is 4.37. The molecular formula is C13H16O2. The van der Waals surface area contributed by atoms with Gasteiger partial charge >= 0.3 is 5.97 Å². The zero-order valence-corrected chi connectivity index (χ0v) is 8.76. The highest BCUT2D eigenvalue weighted by Crippen LogP contribution is 2.56. The summed E-state index contributed by atoms with van der Waals surface area (Å²) in [7, 11) is 0. The Balaban J connectivity index is 1.75. The summed E-state index contributed by atoms with van der Waals surface area (Å²) < 4.78 is 5.38. The van der Waals surface area contributed by atoms with Crippen molar-refractivity contribution < 1.29 is 9.53 Å². The van der Waals surface area contributed by atoms with Gasteiger partial charge in [0.05, 0.1) is 0 Å². The molecule has 0 aromatic rings. The van der Waals surface area contributed by atoms with E-state index < -0.39 is 0 Å². The van der Waals surface area contributed by atoms with E-state index in [0.29, 0.717) is 11.8 Å². The van der Waals surface area contributed by atoms with Gasteiger partial charge in [0.15, 0.2) is 0 Å². The molecule has 0 amide bonds. The molecule has 2 heteroatoms. The van der Waals surface area contributed by atoms with Crippen molar-refractivity contribution in [2.24, 2.45) is 23.7 Å². The molecule has 0 saturated heterocycles. The van der Waals surface area contributed by atoms with Gasteiger partial charge in [0.25, 0.3) is 0 Å². The third-order valence-corrected chi connectivity index (χ3v) is 4.37. The van der Waals surface area contributed by atoms with Crippen molar-refractivity contribution in [3.63, 3.8) is 0 Å². The highest BCUT2D eigenvalue weighted by Gasteiger charge is 2.52. The van der Waals surface area contributed by atoms with Gasteiger partial charge in [-0.1, -0.05) is 12.7 Å². The first-order valence-corrected chi connectivity index (χ1v) is 5.81. The van der Waals surface area contributed by atoms with Crippen molar-refractivity contribution in [2.75, 3.05) is 0 Å². The van der Waals surface area contributed by atoms with Crippen molar-refractivity contribution >= 4 is 5.97 Å². The Bertz CT molecular complexity index is 331. The van der Waals surface area contributed by atoms with E-state index in [-0.39, 0.29) is 12.1 Å². The van der Waals surface area contributed by atoms with Crippen LogP contribution in [0.4, 0.5) is 0 Å². The van der Waals surface area contributed by atoms with Crippen LogP contribution in [-0.4, -0.2) is 12.1 Å². The summed E-state index contributed by atoms with van der Waals surface area (Å²) in [4.78, 5) is 11.2. The molecule has 3 rings (SSSR count). The molecule has 3 aliphatic rings. The molecule has 0 unspecified atom stereocenters. The molecule has 2 fully saturated rings. The first-order chi connectivity index (χ1) is 7.29. The van der Waals surface area contributed by atoms with Gasteiger partial charge in [0.2, 0.25) is 0 Å². The van der Waals surface area contributed by atoms with Crippen LogP contribution in [0.1, 0.15) is 19.3 Å². The molecule has 0 N–H and O–H groups in total. The highest BCUT2D eigenvalue weighted by molar-refractivity contribution is 5.81. The number of rotatable bonds is 2. The number of carbonyl (C=O) groups excluding carboxylic acids is 1. The van der Waals surface area contributed by atoms with Crippen LogP contribution in [-0.2, 0) is 9.53 Å². The van der Waals surface area contributed by atoms with Crippen LogP contribution in [0.5, 0.6) is 0 Å². The van der Waals surface area contributed by atoms with Crippen LogP contribution in [0.25, 0.3) is 0 Å². The van der Waals surface area contributed by atoms with Gasteiger partial charge in [-0.05, 0) is 43.1 Å². The van der Waals surface area contributed by atoms with Crippen LogP contribution < -0.4 is 0 Å². The van der Waals surface area contributed by atoms with Gasteiger partial charge in [-0.3, -0.25) is 0 Å². The van der Waals surface area contributed by atoms with Crippen LogP contribution >= 0.6 is 0 Å². The Kier molecular flexibility index (Phi) is 1.98. The van der Waals surface area contributed by atoms with Crippen LogP contribution in [0.2, 0.25) is 0 Å². The number of fused-ring (bicyclic) bond motifs is 5. The fourth-order valence-electron chi connectivity index (χ4n) is 3.82. The van der Waals surface area contributed by atoms with Crippen molar-refractivity contribution in [3.05, 3.63) is 24.8 Å². The molecule has 0 spiro atoms. The number of hydrogen-bond donors (Lipinski definition) is 0. The van der Waals surface area contributed by atoms with Gasteiger partial charge in [0, 0.05) is 12.0 Å². The minimum Gasteiger partial charge on any atom is -0.455 e. The number of allylic oxidation sites excluding steroid dienone is 1. The lowest BCUT2D eigenvalue weighted by Crippen LogP contribution is -2.29. The van der Waals surface area contributed by atoms with E-state index >= 15 is 0 Å². The Morgan fingerprint density at radius 3 is 2.93 bits per heavy atom. The first-order valence-electron chi connectivity index (χ1n) is 5.81. The largest absolute Gasteiger partial charge is 0.455 e. The zero-order chi connectivity index (χ0) is 10.4. The van der Waals surface area contributed by atoms with Crippen LogP contribution in [0.3, 0.4) is 0 Å². The van der Waals surface area contributed by atoms with E-state index in [0.717, 1.165) is 11.8 Å². The molecule has 5 atom stereocenters. The molecule has 0 aromatic carbocycles. The lowest BCUT2D eigenvalue weighted by Gasteiger charge is -2.28. The van der Waals surface area contributed by atoms with Gasteiger partial charge < -0.3 is 4.74 Å². The van der Waals surface area contributed by atoms with Crippen molar-refractivity contribution in [2.45, 2.75) is 25.4 Å². The number of carbonyl (C=O) groups is 1. The van der Waals surface area contributed by atoms with Crippen molar-refractivity contribution in [1.82, 2.24) is 0 Å². The predicted molar refractivity (Wildman–Crippen MR) is 57.0 cm³/mol. The van der Waals surface area contributed by atoms with Crippen LogP contribution in [0, 0.1) is 23.7 Å². The SMILES string of the molecule is C=CC(=O)O[C@H]1C=C[C@@H]2[C@@H]3CC[C@@H](C3)[C@H]21. The Hall–Kier alpha value is -1.05. The summed E-state index contributed by atoms with van der Waals surface area (Å²) in [5.41, 5.74) is 0. The summed E-state index contributed by atoms with van der Waals surface area (Å²) in [6.45, 7) is 3.44. The number of hydrogen-bond acceptors (Lipinski definition) is 2. The predicted octanol–water partition coefficient (Wildman–Crippen LogP) is 2.32. The summed E-state index contributed by atoms with van der Waals surface area (Å²) in [5.74, 6) is 2.63. The molecule has 0 aromatic heterocycles. The molecule has 2 nitrogen and oxygen atoms in total. The summed E-state index contributed by atoms with van der Waals surface area (Å²) in [5, 5.41) is 0. The van der Waals surface area contributed by atoms with E-state index in [4.69, 9.17) is 4.74 Å². The average Bonchev–Trinajstić information content (AvgIpc) is 2.89. The maximum atomic E-state index is 11.2. The van der Waals surface area contributed by atoms with E-state index in [9.17, 15) is 4.79 Å². The summed E-state index contributed by atoms with van der Waals surface area (Å²) in [6.07, 6.45) is 9.69. The maximum absolute atomic E-state index is 11.2. The highest BCUT2D eigenvalue weighted by atomic mass is 16.5. The Morgan fingerprint density at radius 1 is 1.33 bits per heavy atom. The molecule has 80 valence electrons. The second-order valence-corrected chi connectivity index (χ2v) is 4.98. The van der Waals surface area contributed by atoms with E-state index in [1.54, 1.807) is 0 Å². The average molecular weight is 204 g/mol. The second kappa shape index (κ2) is 3.22. The molecule has 3 aliphatic carbocycles. The minimum absolute atomic E-state index is 0.0239. The normalized spacial score (nSPS) is 45.5. The Labute approximate surface area is 90.0 Å². The lowest BCUT2D eigenvalue weighted by atomic mass is 9.80. The van der Waals surface area contributed by atoms with Gasteiger partial charge in [0.1, 0.15) is 6.10 Å². The monoisotopic (exact) mass is 204 g/mol. The third kappa shape index (κ3) is 1.27. The lowest BCUT2D eigenvalue weighted by molar-refractivity contribution is -0.143.